The lowest BCUT2D eigenvalue weighted by Gasteiger charge is -2.39. The van der Waals surface area contributed by atoms with E-state index in [9.17, 15) is 9.59 Å². The largest absolute Gasteiger partial charge is 0.339 e. The van der Waals surface area contributed by atoms with Crippen LogP contribution in [-0.2, 0) is 9.59 Å². The number of carbonyl (C=O) groups is 2. The fourth-order valence-electron chi connectivity index (χ4n) is 2.83. The lowest BCUT2D eigenvalue weighted by molar-refractivity contribution is -0.150. The topological polar surface area (TPSA) is 49.4 Å². The standard InChI is InChI=1S/C16H20N2O2/c1-2-13-15(19)17-14(12-6-4-3-5-7-12)16(20)18(13)10-11-8-9-11/h3-7,11,13-14H,2,8-10H2,1H3,(H,17,19). The van der Waals surface area contributed by atoms with Crippen LogP contribution in [0.1, 0.15) is 37.8 Å². The smallest absolute Gasteiger partial charge is 0.250 e. The van der Waals surface area contributed by atoms with Gasteiger partial charge in [0.15, 0.2) is 0 Å². The van der Waals surface area contributed by atoms with Gasteiger partial charge in [-0.1, -0.05) is 37.3 Å². The maximum atomic E-state index is 12.7. The Morgan fingerprint density at radius 1 is 1.20 bits per heavy atom. The summed E-state index contributed by atoms with van der Waals surface area (Å²) in [6, 6.07) is 8.66. The zero-order valence-electron chi connectivity index (χ0n) is 11.7. The molecule has 3 rings (SSSR count). The van der Waals surface area contributed by atoms with E-state index in [1.165, 1.54) is 12.8 Å². The molecular weight excluding hydrogens is 252 g/mol. The lowest BCUT2D eigenvalue weighted by Crippen LogP contribution is -2.59. The zero-order chi connectivity index (χ0) is 14.1. The summed E-state index contributed by atoms with van der Waals surface area (Å²) in [5.74, 6) is 0.603. The molecule has 1 saturated carbocycles. The summed E-state index contributed by atoms with van der Waals surface area (Å²) in [6.45, 7) is 2.69. The molecule has 0 bridgehead atoms. The Morgan fingerprint density at radius 3 is 2.50 bits per heavy atom. The Kier molecular flexibility index (Phi) is 3.47. The highest BCUT2D eigenvalue weighted by Crippen LogP contribution is 2.33. The predicted molar refractivity (Wildman–Crippen MR) is 75.8 cm³/mol. The molecular formula is C16H20N2O2. The highest BCUT2D eigenvalue weighted by molar-refractivity contribution is 5.97. The first-order valence-electron chi connectivity index (χ1n) is 7.36. The zero-order valence-corrected chi connectivity index (χ0v) is 11.7. The molecule has 2 amide bonds. The van der Waals surface area contributed by atoms with Gasteiger partial charge in [-0.05, 0) is 30.7 Å². The second kappa shape index (κ2) is 5.27. The molecule has 4 nitrogen and oxygen atoms in total. The summed E-state index contributed by atoms with van der Waals surface area (Å²) in [4.78, 5) is 26.8. The minimum absolute atomic E-state index is 0.0263. The number of hydrogen-bond donors (Lipinski definition) is 1. The monoisotopic (exact) mass is 272 g/mol. The van der Waals surface area contributed by atoms with E-state index in [0.717, 1.165) is 12.1 Å². The van der Waals surface area contributed by atoms with Gasteiger partial charge < -0.3 is 10.2 Å². The van der Waals surface area contributed by atoms with Gasteiger partial charge in [-0.2, -0.15) is 0 Å². The van der Waals surface area contributed by atoms with Crippen molar-refractivity contribution in [2.45, 2.75) is 38.3 Å². The highest BCUT2D eigenvalue weighted by Gasteiger charge is 2.42. The van der Waals surface area contributed by atoms with Crippen molar-refractivity contribution in [1.29, 1.82) is 0 Å². The Bertz CT molecular complexity index is 510. The molecule has 4 heteroatoms. The molecule has 1 aliphatic heterocycles. The van der Waals surface area contributed by atoms with Gasteiger partial charge in [-0.25, -0.2) is 0 Å². The van der Waals surface area contributed by atoms with Crippen LogP contribution in [0, 0.1) is 5.92 Å². The van der Waals surface area contributed by atoms with Crippen LogP contribution in [0.4, 0.5) is 0 Å². The fourth-order valence-corrected chi connectivity index (χ4v) is 2.83. The molecule has 1 N–H and O–H groups in total. The first kappa shape index (κ1) is 13.2. The third-order valence-electron chi connectivity index (χ3n) is 4.17. The van der Waals surface area contributed by atoms with Crippen LogP contribution in [0.15, 0.2) is 30.3 Å². The average molecular weight is 272 g/mol. The molecule has 2 atom stereocenters. The van der Waals surface area contributed by atoms with E-state index in [0.29, 0.717) is 12.3 Å². The summed E-state index contributed by atoms with van der Waals surface area (Å²) in [5, 5.41) is 2.88. The molecule has 0 aromatic heterocycles. The van der Waals surface area contributed by atoms with Crippen molar-refractivity contribution >= 4 is 11.8 Å². The molecule has 2 aliphatic rings. The van der Waals surface area contributed by atoms with Crippen molar-refractivity contribution in [1.82, 2.24) is 10.2 Å². The predicted octanol–water partition coefficient (Wildman–Crippen LogP) is 1.87. The number of piperazine rings is 1. The summed E-state index contributed by atoms with van der Waals surface area (Å²) in [5.41, 5.74) is 0.862. The molecule has 0 radical (unpaired) electrons. The Hall–Kier alpha value is -1.84. The van der Waals surface area contributed by atoms with Crippen LogP contribution in [0.2, 0.25) is 0 Å². The minimum Gasteiger partial charge on any atom is -0.339 e. The molecule has 2 fully saturated rings. The number of amides is 2. The normalized spacial score (nSPS) is 26.6. The van der Waals surface area contributed by atoms with Crippen molar-refractivity contribution in [2.24, 2.45) is 5.92 Å². The lowest BCUT2D eigenvalue weighted by atomic mass is 9.99. The van der Waals surface area contributed by atoms with Gasteiger partial charge in [0, 0.05) is 6.54 Å². The summed E-state index contributed by atoms with van der Waals surface area (Å²) in [7, 11) is 0. The van der Waals surface area contributed by atoms with E-state index in [-0.39, 0.29) is 17.9 Å². The molecule has 2 unspecified atom stereocenters. The Labute approximate surface area is 119 Å². The van der Waals surface area contributed by atoms with Crippen LogP contribution in [0.5, 0.6) is 0 Å². The Balaban J connectivity index is 1.86. The second-order valence-electron chi connectivity index (χ2n) is 5.71. The van der Waals surface area contributed by atoms with Crippen molar-refractivity contribution in [3.8, 4) is 0 Å². The van der Waals surface area contributed by atoms with Crippen LogP contribution in [0.25, 0.3) is 0 Å². The van der Waals surface area contributed by atoms with E-state index in [4.69, 9.17) is 0 Å². The summed E-state index contributed by atoms with van der Waals surface area (Å²) in [6.07, 6.45) is 3.03. The molecule has 1 aromatic carbocycles. The van der Waals surface area contributed by atoms with E-state index >= 15 is 0 Å². The molecule has 1 aromatic rings. The van der Waals surface area contributed by atoms with Crippen LogP contribution < -0.4 is 5.32 Å². The van der Waals surface area contributed by atoms with Gasteiger partial charge in [0.25, 0.3) is 0 Å². The number of hydrogen-bond acceptors (Lipinski definition) is 2. The Morgan fingerprint density at radius 2 is 1.90 bits per heavy atom. The SMILES string of the molecule is CCC1C(=O)NC(c2ccccc2)C(=O)N1CC1CC1. The third kappa shape index (κ3) is 2.42. The van der Waals surface area contributed by atoms with Crippen LogP contribution >= 0.6 is 0 Å². The van der Waals surface area contributed by atoms with Crippen molar-refractivity contribution in [2.75, 3.05) is 6.54 Å². The van der Waals surface area contributed by atoms with Crippen LogP contribution in [0.3, 0.4) is 0 Å². The van der Waals surface area contributed by atoms with Gasteiger partial charge >= 0.3 is 0 Å². The minimum atomic E-state index is -0.523. The number of nitrogens with one attached hydrogen (secondary N) is 1. The maximum absolute atomic E-state index is 12.7. The fraction of sp³-hybridized carbons (Fsp3) is 0.500. The van der Waals surface area contributed by atoms with E-state index in [2.05, 4.69) is 5.32 Å². The van der Waals surface area contributed by atoms with E-state index in [1.807, 2.05) is 37.3 Å². The van der Waals surface area contributed by atoms with Crippen molar-refractivity contribution in [3.05, 3.63) is 35.9 Å². The molecule has 1 saturated heterocycles. The quantitative estimate of drug-likeness (QED) is 0.909. The summed E-state index contributed by atoms with van der Waals surface area (Å²) < 4.78 is 0. The first-order valence-corrected chi connectivity index (χ1v) is 7.36. The van der Waals surface area contributed by atoms with E-state index in [1.54, 1.807) is 4.90 Å². The van der Waals surface area contributed by atoms with Gasteiger partial charge in [0.05, 0.1) is 0 Å². The molecule has 106 valence electrons. The van der Waals surface area contributed by atoms with Crippen molar-refractivity contribution in [3.63, 3.8) is 0 Å². The van der Waals surface area contributed by atoms with Gasteiger partial charge in [-0.3, -0.25) is 9.59 Å². The first-order chi connectivity index (χ1) is 9.70. The number of nitrogens with zero attached hydrogens (tertiary/aromatic N) is 1. The summed E-state index contributed by atoms with van der Waals surface area (Å²) >= 11 is 0. The van der Waals surface area contributed by atoms with Gasteiger partial charge in [0.2, 0.25) is 11.8 Å². The molecule has 1 aliphatic carbocycles. The number of benzene rings is 1. The number of rotatable bonds is 4. The molecule has 1 heterocycles. The molecule has 0 spiro atoms. The molecule has 20 heavy (non-hydrogen) atoms. The van der Waals surface area contributed by atoms with E-state index < -0.39 is 6.04 Å². The highest BCUT2D eigenvalue weighted by atomic mass is 16.2. The third-order valence-corrected chi connectivity index (χ3v) is 4.17. The van der Waals surface area contributed by atoms with Crippen molar-refractivity contribution < 1.29 is 9.59 Å². The maximum Gasteiger partial charge on any atom is 0.250 e. The van der Waals surface area contributed by atoms with Crippen LogP contribution in [-0.4, -0.2) is 29.3 Å². The van der Waals surface area contributed by atoms with Gasteiger partial charge in [0.1, 0.15) is 12.1 Å². The second-order valence-corrected chi connectivity index (χ2v) is 5.71. The number of carbonyl (C=O) groups excluding carboxylic acids is 2. The average Bonchev–Trinajstić information content (AvgIpc) is 3.28. The van der Waals surface area contributed by atoms with Gasteiger partial charge in [-0.15, -0.1) is 0 Å².